The fourth-order valence-corrected chi connectivity index (χ4v) is 5.06. The van der Waals surface area contributed by atoms with Crippen LogP contribution in [0, 0.1) is 0 Å². The molecule has 1 saturated heterocycles. The number of amides is 1. The largest absolute Gasteiger partial charge is 0.463 e. The molecule has 0 saturated carbocycles. The first-order chi connectivity index (χ1) is 17.0. The van der Waals surface area contributed by atoms with Crippen molar-refractivity contribution in [3.8, 4) is 6.01 Å². The Bertz CT molecular complexity index is 1010. The Labute approximate surface area is 222 Å². The fraction of sp³-hybridized carbons (Fsp3) is 0.500. The van der Waals surface area contributed by atoms with E-state index >= 15 is 0 Å². The summed E-state index contributed by atoms with van der Waals surface area (Å²) in [6.45, 7) is 11.9. The van der Waals surface area contributed by atoms with Crippen LogP contribution in [-0.4, -0.2) is 81.7 Å². The lowest BCUT2D eigenvalue weighted by Gasteiger charge is -2.38. The first-order valence-electron chi connectivity index (χ1n) is 12.3. The molecule has 1 fully saturated rings. The second kappa shape index (κ2) is 12.1. The van der Waals surface area contributed by atoms with Gasteiger partial charge in [0.25, 0.3) is 0 Å². The van der Waals surface area contributed by atoms with Crippen LogP contribution in [0.15, 0.2) is 43.0 Å². The highest BCUT2D eigenvalue weighted by Gasteiger charge is 2.30. The summed E-state index contributed by atoms with van der Waals surface area (Å²) in [6.07, 6.45) is 3.20. The molecule has 0 N–H and O–H groups in total. The van der Waals surface area contributed by atoms with Crippen LogP contribution in [-0.2, 0) is 17.8 Å². The molecule has 1 unspecified atom stereocenters. The van der Waals surface area contributed by atoms with Crippen molar-refractivity contribution in [1.29, 1.82) is 0 Å². The first kappa shape index (κ1) is 25.8. The smallest absolute Gasteiger partial charge is 0.318 e. The van der Waals surface area contributed by atoms with Gasteiger partial charge >= 0.3 is 6.01 Å². The molecule has 188 valence electrons. The molecular formula is C26H35IN6O2. The van der Waals surface area contributed by atoms with Gasteiger partial charge < -0.3 is 14.5 Å². The summed E-state index contributed by atoms with van der Waals surface area (Å²) in [6, 6.07) is 11.4. The van der Waals surface area contributed by atoms with Crippen LogP contribution in [0.5, 0.6) is 6.01 Å². The summed E-state index contributed by atoms with van der Waals surface area (Å²) in [4.78, 5) is 28.4. The van der Waals surface area contributed by atoms with Gasteiger partial charge in [-0.25, -0.2) is 0 Å². The summed E-state index contributed by atoms with van der Waals surface area (Å²) < 4.78 is 8.15. The SMILES string of the molecule is C=CC(=O)N1CCN(c2nc(OCCCN(C)I)nc3c2CCN(C(C)c2ccccc2)C3)CC1. The molecule has 1 amide bonds. The number of carbonyl (C=O) groups excluding carboxylic acids is 1. The quantitative estimate of drug-likeness (QED) is 0.192. The Kier molecular flexibility index (Phi) is 8.96. The molecule has 1 aromatic heterocycles. The van der Waals surface area contributed by atoms with Gasteiger partial charge in [-0.15, -0.1) is 0 Å². The second-order valence-electron chi connectivity index (χ2n) is 9.11. The van der Waals surface area contributed by atoms with Gasteiger partial charge in [0.2, 0.25) is 5.91 Å². The van der Waals surface area contributed by atoms with E-state index in [9.17, 15) is 4.79 Å². The molecule has 3 heterocycles. The van der Waals surface area contributed by atoms with Crippen LogP contribution < -0.4 is 9.64 Å². The van der Waals surface area contributed by atoms with E-state index in [0.717, 1.165) is 57.1 Å². The second-order valence-corrected chi connectivity index (χ2v) is 10.8. The lowest BCUT2D eigenvalue weighted by atomic mass is 10.00. The highest BCUT2D eigenvalue weighted by atomic mass is 127. The van der Waals surface area contributed by atoms with Gasteiger partial charge in [0.15, 0.2) is 0 Å². The van der Waals surface area contributed by atoms with Crippen molar-refractivity contribution < 1.29 is 9.53 Å². The van der Waals surface area contributed by atoms with Crippen molar-refractivity contribution in [2.24, 2.45) is 0 Å². The van der Waals surface area contributed by atoms with Crippen LogP contribution in [0.3, 0.4) is 0 Å². The Morgan fingerprint density at radius 2 is 1.94 bits per heavy atom. The van der Waals surface area contributed by atoms with Crippen LogP contribution in [0.2, 0.25) is 0 Å². The minimum Gasteiger partial charge on any atom is -0.463 e. The number of ether oxygens (including phenoxy) is 1. The Morgan fingerprint density at radius 1 is 1.20 bits per heavy atom. The minimum atomic E-state index is -0.0100. The van der Waals surface area contributed by atoms with Crippen molar-refractivity contribution >= 4 is 34.6 Å². The molecule has 1 aromatic carbocycles. The zero-order valence-electron chi connectivity index (χ0n) is 20.7. The predicted molar refractivity (Wildman–Crippen MR) is 147 cm³/mol. The average molecular weight is 591 g/mol. The number of piperazine rings is 1. The van der Waals surface area contributed by atoms with E-state index in [-0.39, 0.29) is 5.91 Å². The number of benzene rings is 1. The Balaban J connectivity index is 1.55. The van der Waals surface area contributed by atoms with Crippen LogP contribution >= 0.6 is 22.9 Å². The number of hydrogen-bond donors (Lipinski definition) is 0. The van der Waals surface area contributed by atoms with Crippen LogP contribution in [0.4, 0.5) is 5.82 Å². The van der Waals surface area contributed by atoms with Gasteiger partial charge in [0.1, 0.15) is 5.82 Å². The number of fused-ring (bicyclic) bond motifs is 1. The van der Waals surface area contributed by atoms with Gasteiger partial charge in [0.05, 0.1) is 12.3 Å². The summed E-state index contributed by atoms with van der Waals surface area (Å²) in [7, 11) is 2.05. The Hall–Kier alpha value is -2.24. The molecule has 2 aliphatic rings. The van der Waals surface area contributed by atoms with E-state index in [4.69, 9.17) is 14.7 Å². The average Bonchev–Trinajstić information content (AvgIpc) is 2.90. The molecule has 8 nitrogen and oxygen atoms in total. The zero-order valence-corrected chi connectivity index (χ0v) is 22.9. The predicted octanol–water partition coefficient (Wildman–Crippen LogP) is 3.48. The monoisotopic (exact) mass is 590 g/mol. The van der Waals surface area contributed by atoms with Gasteiger partial charge in [-0.05, 0) is 38.5 Å². The first-order valence-corrected chi connectivity index (χ1v) is 13.3. The third kappa shape index (κ3) is 6.50. The molecule has 0 radical (unpaired) electrons. The van der Waals surface area contributed by atoms with Crippen LogP contribution in [0.1, 0.15) is 36.2 Å². The van der Waals surface area contributed by atoms with Gasteiger partial charge in [-0.3, -0.25) is 12.8 Å². The molecule has 2 aromatic rings. The summed E-state index contributed by atoms with van der Waals surface area (Å²) >= 11 is 2.28. The van der Waals surface area contributed by atoms with Crippen molar-refractivity contribution in [3.05, 3.63) is 59.8 Å². The van der Waals surface area contributed by atoms with Crippen molar-refractivity contribution in [1.82, 2.24) is 22.9 Å². The van der Waals surface area contributed by atoms with Crippen molar-refractivity contribution in [2.45, 2.75) is 32.4 Å². The van der Waals surface area contributed by atoms with E-state index in [1.165, 1.54) is 17.2 Å². The molecule has 4 rings (SSSR count). The zero-order chi connectivity index (χ0) is 24.8. The number of rotatable bonds is 9. The van der Waals surface area contributed by atoms with E-state index in [1.807, 2.05) is 11.9 Å². The summed E-state index contributed by atoms with van der Waals surface area (Å²) in [5.74, 6) is 0.956. The molecule has 0 spiro atoms. The van der Waals surface area contributed by atoms with Gasteiger partial charge in [0, 0.05) is 80.3 Å². The standard InChI is InChI=1S/C26H35IN6O2/c1-4-24(34)31-14-16-32(17-15-31)25-22-11-13-33(20(2)21-9-6-5-7-10-21)19-23(22)28-26(29-25)35-18-8-12-30(3)27/h4-7,9-10,20H,1,8,11-19H2,2-3H3. The third-order valence-corrected chi connectivity index (χ3v) is 7.27. The lowest BCUT2D eigenvalue weighted by molar-refractivity contribution is -0.126. The topological polar surface area (TPSA) is 65.0 Å². The third-order valence-electron chi connectivity index (χ3n) is 6.79. The highest BCUT2D eigenvalue weighted by molar-refractivity contribution is 14.1. The number of hydrogen-bond acceptors (Lipinski definition) is 7. The number of anilines is 1. The summed E-state index contributed by atoms with van der Waals surface area (Å²) in [5, 5.41) is 0. The maximum Gasteiger partial charge on any atom is 0.318 e. The molecule has 1 atom stereocenters. The van der Waals surface area contributed by atoms with E-state index in [2.05, 4.69) is 79.6 Å². The summed E-state index contributed by atoms with van der Waals surface area (Å²) in [5.41, 5.74) is 3.58. The van der Waals surface area contributed by atoms with Gasteiger partial charge in [-0.2, -0.15) is 9.97 Å². The molecular weight excluding hydrogens is 555 g/mol. The highest BCUT2D eigenvalue weighted by Crippen LogP contribution is 2.32. The fourth-order valence-electron chi connectivity index (χ4n) is 4.72. The number of nitrogens with zero attached hydrogens (tertiary/aromatic N) is 6. The lowest BCUT2D eigenvalue weighted by Crippen LogP contribution is -2.49. The maximum absolute atomic E-state index is 12.0. The number of aromatic nitrogens is 2. The van der Waals surface area contributed by atoms with E-state index < -0.39 is 0 Å². The molecule has 2 aliphatic heterocycles. The van der Waals surface area contributed by atoms with Gasteiger partial charge in [-0.1, -0.05) is 36.9 Å². The molecule has 0 bridgehead atoms. The number of halogens is 1. The maximum atomic E-state index is 12.0. The normalized spacial score (nSPS) is 17.3. The van der Waals surface area contributed by atoms with E-state index in [0.29, 0.717) is 31.7 Å². The Morgan fingerprint density at radius 3 is 2.63 bits per heavy atom. The van der Waals surface area contributed by atoms with E-state index in [1.54, 1.807) is 0 Å². The minimum absolute atomic E-state index is 0.0100. The van der Waals surface area contributed by atoms with Crippen LogP contribution in [0.25, 0.3) is 0 Å². The molecule has 35 heavy (non-hydrogen) atoms. The molecule has 9 heteroatoms. The number of carbonyl (C=O) groups is 1. The van der Waals surface area contributed by atoms with Crippen molar-refractivity contribution in [2.75, 3.05) is 57.8 Å². The van der Waals surface area contributed by atoms with Crippen molar-refractivity contribution in [3.63, 3.8) is 0 Å². The molecule has 0 aliphatic carbocycles.